The Kier molecular flexibility index (Phi) is 4.16. The zero-order valence-corrected chi connectivity index (χ0v) is 16.4. The number of hydrogen-bond acceptors (Lipinski definition) is 3. The van der Waals surface area contributed by atoms with Crippen molar-refractivity contribution in [3.8, 4) is 5.69 Å². The van der Waals surface area contributed by atoms with E-state index in [-0.39, 0.29) is 22.8 Å². The van der Waals surface area contributed by atoms with E-state index >= 15 is 0 Å². The highest BCUT2D eigenvalue weighted by Gasteiger charge is 2.64. The standard InChI is InChI=1S/C22H21F3N2O2/c1-20(2)16-9-10-21(20,3)19(29)14(16)11-17(28)15-12-26-27(18(15)22(23,24)25)13-7-5-4-6-8-13/h4-8,11-12,16H,9-10H2,1-3H3/b14-11+/t16-,21?/m0/s1. The monoisotopic (exact) mass is 402 g/mol. The lowest BCUT2D eigenvalue weighted by Crippen LogP contribution is -2.32. The predicted octanol–water partition coefficient (Wildman–Crippen LogP) is 5.03. The first-order valence-electron chi connectivity index (χ1n) is 9.50. The second-order valence-electron chi connectivity index (χ2n) is 8.59. The van der Waals surface area contributed by atoms with Crippen LogP contribution in [-0.2, 0) is 11.0 Å². The van der Waals surface area contributed by atoms with E-state index in [0.717, 1.165) is 29.8 Å². The molecule has 0 spiro atoms. The maximum Gasteiger partial charge on any atom is 0.434 e. The molecule has 0 aliphatic heterocycles. The van der Waals surface area contributed by atoms with Crippen LogP contribution in [-0.4, -0.2) is 21.3 Å². The molecule has 1 aromatic heterocycles. The van der Waals surface area contributed by atoms with Gasteiger partial charge < -0.3 is 0 Å². The van der Waals surface area contributed by atoms with Crippen molar-refractivity contribution in [3.05, 3.63) is 59.4 Å². The number of carbonyl (C=O) groups excluding carboxylic acids is 2. The van der Waals surface area contributed by atoms with Crippen molar-refractivity contribution in [1.29, 1.82) is 0 Å². The summed E-state index contributed by atoms with van der Waals surface area (Å²) in [7, 11) is 0. The number of halogens is 3. The Morgan fingerprint density at radius 2 is 1.86 bits per heavy atom. The van der Waals surface area contributed by atoms with Crippen LogP contribution in [0.15, 0.2) is 48.2 Å². The normalized spacial score (nSPS) is 27.0. The van der Waals surface area contributed by atoms with Gasteiger partial charge in [0.05, 0.1) is 17.4 Å². The second kappa shape index (κ2) is 6.15. The molecule has 4 nitrogen and oxygen atoms in total. The minimum absolute atomic E-state index is 0.123. The van der Waals surface area contributed by atoms with Crippen LogP contribution in [0.1, 0.15) is 49.7 Å². The maximum absolute atomic E-state index is 13.8. The van der Waals surface area contributed by atoms with E-state index in [1.54, 1.807) is 18.2 Å². The fraction of sp³-hybridized carbons (Fsp3) is 0.409. The van der Waals surface area contributed by atoms with E-state index in [1.807, 2.05) is 20.8 Å². The minimum atomic E-state index is -4.78. The number of para-hydroxylation sites is 1. The van der Waals surface area contributed by atoms with Crippen molar-refractivity contribution < 1.29 is 22.8 Å². The topological polar surface area (TPSA) is 52.0 Å². The fourth-order valence-corrected chi connectivity index (χ4v) is 4.88. The molecule has 4 rings (SSSR count). The third-order valence-corrected chi connectivity index (χ3v) is 6.96. The molecule has 2 aromatic rings. The molecule has 2 aliphatic rings. The van der Waals surface area contributed by atoms with Crippen LogP contribution in [0, 0.1) is 16.7 Å². The number of aromatic nitrogens is 2. The smallest absolute Gasteiger partial charge is 0.294 e. The zero-order valence-electron chi connectivity index (χ0n) is 16.4. The van der Waals surface area contributed by atoms with Gasteiger partial charge in [-0.25, -0.2) is 4.68 Å². The lowest BCUT2D eigenvalue weighted by Gasteiger charge is -2.31. The molecular formula is C22H21F3N2O2. The van der Waals surface area contributed by atoms with Crippen molar-refractivity contribution >= 4 is 11.6 Å². The van der Waals surface area contributed by atoms with Crippen LogP contribution < -0.4 is 0 Å². The van der Waals surface area contributed by atoms with Crippen LogP contribution in [0.3, 0.4) is 0 Å². The Morgan fingerprint density at radius 1 is 1.21 bits per heavy atom. The number of benzene rings is 1. The van der Waals surface area contributed by atoms with Crippen LogP contribution in [0.25, 0.3) is 5.69 Å². The Balaban J connectivity index is 1.79. The summed E-state index contributed by atoms with van der Waals surface area (Å²) in [5, 5.41) is 3.82. The number of rotatable bonds is 3. The molecule has 2 atom stereocenters. The number of allylic oxidation sites excluding steroid dienone is 2. The van der Waals surface area contributed by atoms with Crippen molar-refractivity contribution in [2.45, 2.75) is 39.8 Å². The molecule has 0 amide bonds. The van der Waals surface area contributed by atoms with E-state index in [0.29, 0.717) is 5.57 Å². The Hall–Kier alpha value is -2.70. The van der Waals surface area contributed by atoms with E-state index in [2.05, 4.69) is 5.10 Å². The number of carbonyl (C=O) groups is 2. The molecule has 1 aromatic carbocycles. The van der Waals surface area contributed by atoms with Crippen LogP contribution in [0.5, 0.6) is 0 Å². The summed E-state index contributed by atoms with van der Waals surface area (Å²) in [6.45, 7) is 5.86. The van der Waals surface area contributed by atoms with Gasteiger partial charge in [-0.2, -0.15) is 18.3 Å². The van der Waals surface area contributed by atoms with E-state index in [4.69, 9.17) is 0 Å². The van der Waals surface area contributed by atoms with Gasteiger partial charge in [-0.1, -0.05) is 39.0 Å². The van der Waals surface area contributed by atoms with Gasteiger partial charge in [0.1, 0.15) is 0 Å². The summed E-state index contributed by atoms with van der Waals surface area (Å²) in [4.78, 5) is 25.8. The molecule has 0 saturated heterocycles. The first-order valence-corrected chi connectivity index (χ1v) is 9.50. The van der Waals surface area contributed by atoms with E-state index in [1.165, 1.54) is 12.1 Å². The summed E-state index contributed by atoms with van der Waals surface area (Å²) in [6.07, 6.45) is -1.25. The molecule has 1 heterocycles. The quantitative estimate of drug-likeness (QED) is 0.535. The molecule has 2 bridgehead atoms. The number of alkyl halides is 3. The van der Waals surface area contributed by atoms with Crippen molar-refractivity contribution in [3.63, 3.8) is 0 Å². The highest BCUT2D eigenvalue weighted by molar-refractivity contribution is 6.13. The third kappa shape index (κ3) is 2.70. The minimum Gasteiger partial charge on any atom is -0.294 e. The van der Waals surface area contributed by atoms with Gasteiger partial charge in [-0.05, 0) is 42.4 Å². The third-order valence-electron chi connectivity index (χ3n) is 6.96. The summed E-state index contributed by atoms with van der Waals surface area (Å²) < 4.78 is 42.2. The van der Waals surface area contributed by atoms with Gasteiger partial charge in [0.15, 0.2) is 17.3 Å². The summed E-state index contributed by atoms with van der Waals surface area (Å²) in [5.74, 6) is -1.09. The predicted molar refractivity (Wildman–Crippen MR) is 101 cm³/mol. The maximum atomic E-state index is 13.8. The van der Waals surface area contributed by atoms with Gasteiger partial charge in [-0.3, -0.25) is 9.59 Å². The van der Waals surface area contributed by atoms with Crippen molar-refractivity contribution in [1.82, 2.24) is 9.78 Å². The number of ketones is 2. The average Bonchev–Trinajstić information content (AvgIpc) is 3.24. The fourth-order valence-electron chi connectivity index (χ4n) is 4.88. The Bertz CT molecular complexity index is 1030. The van der Waals surface area contributed by atoms with Crippen LogP contribution in [0.4, 0.5) is 13.2 Å². The molecular weight excluding hydrogens is 381 g/mol. The van der Waals surface area contributed by atoms with Gasteiger partial charge >= 0.3 is 6.18 Å². The molecule has 7 heteroatoms. The van der Waals surface area contributed by atoms with Gasteiger partial charge in [0.2, 0.25) is 0 Å². The molecule has 2 aliphatic carbocycles. The molecule has 0 radical (unpaired) electrons. The molecule has 2 fully saturated rings. The Morgan fingerprint density at radius 3 is 2.41 bits per heavy atom. The van der Waals surface area contributed by atoms with Gasteiger partial charge in [-0.15, -0.1) is 0 Å². The lowest BCUT2D eigenvalue weighted by molar-refractivity contribution is -0.143. The first-order chi connectivity index (χ1) is 13.5. The van der Waals surface area contributed by atoms with Crippen LogP contribution in [0.2, 0.25) is 0 Å². The summed E-state index contributed by atoms with van der Waals surface area (Å²) in [6, 6.07) is 7.84. The van der Waals surface area contributed by atoms with E-state index < -0.39 is 28.6 Å². The zero-order chi connectivity index (χ0) is 21.2. The van der Waals surface area contributed by atoms with E-state index in [9.17, 15) is 22.8 Å². The molecule has 0 N–H and O–H groups in total. The largest absolute Gasteiger partial charge is 0.434 e. The highest BCUT2D eigenvalue weighted by atomic mass is 19.4. The number of fused-ring (bicyclic) bond motifs is 2. The number of hydrogen-bond donors (Lipinski definition) is 0. The molecule has 152 valence electrons. The summed E-state index contributed by atoms with van der Waals surface area (Å²) in [5.41, 5.74) is -2.04. The number of Topliss-reactive ketones (excluding diaryl/α,β-unsaturated/α-hetero) is 1. The van der Waals surface area contributed by atoms with Crippen LogP contribution >= 0.6 is 0 Å². The number of nitrogens with zero attached hydrogens (tertiary/aromatic N) is 2. The van der Waals surface area contributed by atoms with Crippen molar-refractivity contribution in [2.75, 3.05) is 0 Å². The molecule has 2 saturated carbocycles. The summed E-state index contributed by atoms with van der Waals surface area (Å²) >= 11 is 0. The molecule has 29 heavy (non-hydrogen) atoms. The van der Waals surface area contributed by atoms with Gasteiger partial charge in [0, 0.05) is 11.0 Å². The first kappa shape index (κ1) is 19.6. The Labute approximate surface area is 166 Å². The average molecular weight is 402 g/mol. The highest BCUT2D eigenvalue weighted by Crippen LogP contribution is 2.65. The molecule has 1 unspecified atom stereocenters. The lowest BCUT2D eigenvalue weighted by atomic mass is 9.70. The van der Waals surface area contributed by atoms with Crippen molar-refractivity contribution in [2.24, 2.45) is 16.7 Å². The SMILES string of the molecule is CC12CC[C@@H](/C(=C\C(=O)c3cnn(-c4ccccc4)c3C(F)(F)F)C1=O)C2(C)C. The second-order valence-corrected chi connectivity index (χ2v) is 8.59. The van der Waals surface area contributed by atoms with Gasteiger partial charge in [0.25, 0.3) is 0 Å².